The summed E-state index contributed by atoms with van der Waals surface area (Å²) in [4.78, 5) is 0. The number of nitrogens with zero attached hydrogens (tertiary/aromatic N) is 1. The first-order valence-corrected chi connectivity index (χ1v) is 6.11. The van der Waals surface area contributed by atoms with E-state index < -0.39 is 0 Å². The second-order valence-electron chi connectivity index (χ2n) is 4.57. The molecule has 0 amide bonds. The Morgan fingerprint density at radius 3 is 2.94 bits per heavy atom. The highest BCUT2D eigenvalue weighted by atomic mass is 16.5. The molecule has 2 heterocycles. The number of rotatable bonds is 3. The van der Waals surface area contributed by atoms with Crippen LogP contribution in [0.1, 0.15) is 29.2 Å². The molecule has 1 aliphatic heterocycles. The molecule has 2 aromatic rings. The van der Waals surface area contributed by atoms with Gasteiger partial charge in [-0.1, -0.05) is 35.5 Å². The maximum atomic E-state index is 5.43. The van der Waals surface area contributed by atoms with Crippen molar-refractivity contribution in [3.05, 3.63) is 53.4 Å². The van der Waals surface area contributed by atoms with Crippen LogP contribution in [-0.2, 0) is 6.42 Å². The van der Waals surface area contributed by atoms with Crippen LogP contribution in [0.4, 0.5) is 0 Å². The summed E-state index contributed by atoms with van der Waals surface area (Å²) in [6.07, 6.45) is 3.92. The topological polar surface area (TPSA) is 38.1 Å². The van der Waals surface area contributed by atoms with Gasteiger partial charge in [0.1, 0.15) is 5.76 Å². The van der Waals surface area contributed by atoms with Crippen molar-refractivity contribution in [2.24, 2.45) is 0 Å². The normalized spacial score (nSPS) is 19.6. The first kappa shape index (κ1) is 10.5. The maximum absolute atomic E-state index is 5.43. The van der Waals surface area contributed by atoms with E-state index in [1.54, 1.807) is 0 Å². The number of hydrogen-bond donors (Lipinski definition) is 1. The highest BCUT2D eigenvalue weighted by molar-refractivity contribution is 5.28. The predicted molar refractivity (Wildman–Crippen MR) is 66.0 cm³/mol. The van der Waals surface area contributed by atoms with Gasteiger partial charge in [0.05, 0.1) is 6.20 Å². The Hall–Kier alpha value is -1.61. The van der Waals surface area contributed by atoms with Crippen LogP contribution in [0.25, 0.3) is 0 Å². The fourth-order valence-electron chi connectivity index (χ4n) is 2.43. The first-order valence-electron chi connectivity index (χ1n) is 6.11. The number of nitrogens with one attached hydrogen (secondary N) is 1. The second kappa shape index (κ2) is 4.72. The number of hydrogen-bond acceptors (Lipinski definition) is 3. The molecule has 1 aliphatic rings. The molecule has 0 radical (unpaired) electrons. The average Bonchev–Trinajstić information content (AvgIpc) is 3.00. The Kier molecular flexibility index (Phi) is 2.92. The van der Waals surface area contributed by atoms with Crippen molar-refractivity contribution in [3.8, 4) is 0 Å². The molecule has 1 atom stereocenters. The van der Waals surface area contributed by atoms with E-state index in [2.05, 4.69) is 34.7 Å². The Bertz CT molecular complexity index is 472. The standard InChI is InChI=1S/C14H16N2O/c1-2-4-11(5-3-1)8-13-10-16-17-14(13)12-6-7-15-9-12/h1-5,10,12,15H,6-9H2. The van der Waals surface area contributed by atoms with E-state index in [0.29, 0.717) is 5.92 Å². The molecule has 1 aromatic carbocycles. The zero-order valence-electron chi connectivity index (χ0n) is 9.73. The quantitative estimate of drug-likeness (QED) is 0.876. The second-order valence-corrected chi connectivity index (χ2v) is 4.57. The van der Waals surface area contributed by atoms with Gasteiger partial charge < -0.3 is 9.84 Å². The molecule has 1 unspecified atom stereocenters. The molecular formula is C14H16N2O. The van der Waals surface area contributed by atoms with Crippen molar-refractivity contribution in [1.82, 2.24) is 10.5 Å². The summed E-state index contributed by atoms with van der Waals surface area (Å²) in [6, 6.07) is 10.5. The largest absolute Gasteiger partial charge is 0.361 e. The molecular weight excluding hydrogens is 212 g/mol. The molecule has 3 rings (SSSR count). The fraction of sp³-hybridized carbons (Fsp3) is 0.357. The number of benzene rings is 1. The van der Waals surface area contributed by atoms with Gasteiger partial charge in [-0.3, -0.25) is 0 Å². The van der Waals surface area contributed by atoms with Crippen molar-refractivity contribution in [2.45, 2.75) is 18.8 Å². The van der Waals surface area contributed by atoms with Crippen LogP contribution >= 0.6 is 0 Å². The lowest BCUT2D eigenvalue weighted by Crippen LogP contribution is -2.08. The first-order chi connectivity index (χ1) is 8.43. The maximum Gasteiger partial charge on any atom is 0.144 e. The monoisotopic (exact) mass is 228 g/mol. The van der Waals surface area contributed by atoms with Gasteiger partial charge in [-0.15, -0.1) is 0 Å². The van der Waals surface area contributed by atoms with Crippen molar-refractivity contribution in [3.63, 3.8) is 0 Å². The van der Waals surface area contributed by atoms with Gasteiger partial charge in [-0.05, 0) is 18.5 Å². The van der Waals surface area contributed by atoms with Crippen LogP contribution in [0, 0.1) is 0 Å². The molecule has 0 saturated carbocycles. The minimum absolute atomic E-state index is 0.496. The Balaban J connectivity index is 1.81. The fourth-order valence-corrected chi connectivity index (χ4v) is 2.43. The Labute approximate surface area is 101 Å². The van der Waals surface area contributed by atoms with Gasteiger partial charge in [0.2, 0.25) is 0 Å². The van der Waals surface area contributed by atoms with Crippen LogP contribution in [0.3, 0.4) is 0 Å². The summed E-state index contributed by atoms with van der Waals surface area (Å²) >= 11 is 0. The van der Waals surface area contributed by atoms with Gasteiger partial charge in [-0.25, -0.2) is 0 Å². The molecule has 0 bridgehead atoms. The Morgan fingerprint density at radius 2 is 2.18 bits per heavy atom. The van der Waals surface area contributed by atoms with E-state index in [9.17, 15) is 0 Å². The number of aromatic nitrogens is 1. The molecule has 1 N–H and O–H groups in total. The third kappa shape index (κ3) is 2.24. The van der Waals surface area contributed by atoms with Crippen LogP contribution in [0.2, 0.25) is 0 Å². The smallest absolute Gasteiger partial charge is 0.144 e. The molecule has 88 valence electrons. The van der Waals surface area contributed by atoms with E-state index in [0.717, 1.165) is 31.7 Å². The summed E-state index contributed by atoms with van der Waals surface area (Å²) in [5, 5.41) is 7.32. The molecule has 17 heavy (non-hydrogen) atoms. The SMILES string of the molecule is c1ccc(Cc2cnoc2C2CCNC2)cc1. The van der Waals surface area contributed by atoms with E-state index in [1.807, 2.05) is 12.3 Å². The van der Waals surface area contributed by atoms with Crippen molar-refractivity contribution < 1.29 is 4.52 Å². The van der Waals surface area contributed by atoms with E-state index in [4.69, 9.17) is 4.52 Å². The summed E-state index contributed by atoms with van der Waals surface area (Å²) in [6.45, 7) is 2.09. The van der Waals surface area contributed by atoms with Crippen LogP contribution in [0.15, 0.2) is 41.1 Å². The van der Waals surface area contributed by atoms with Crippen molar-refractivity contribution >= 4 is 0 Å². The zero-order chi connectivity index (χ0) is 11.5. The molecule has 1 saturated heterocycles. The van der Waals surface area contributed by atoms with Crippen molar-refractivity contribution in [1.29, 1.82) is 0 Å². The van der Waals surface area contributed by atoms with Gasteiger partial charge in [0.15, 0.2) is 0 Å². The lowest BCUT2D eigenvalue weighted by atomic mass is 9.98. The lowest BCUT2D eigenvalue weighted by Gasteiger charge is -2.06. The van der Waals surface area contributed by atoms with Crippen molar-refractivity contribution in [2.75, 3.05) is 13.1 Å². The summed E-state index contributed by atoms with van der Waals surface area (Å²) in [5.41, 5.74) is 2.54. The van der Waals surface area contributed by atoms with E-state index >= 15 is 0 Å². The lowest BCUT2D eigenvalue weighted by molar-refractivity contribution is 0.363. The summed E-state index contributed by atoms with van der Waals surface area (Å²) in [5.74, 6) is 1.56. The van der Waals surface area contributed by atoms with Gasteiger partial charge in [0, 0.05) is 24.4 Å². The highest BCUT2D eigenvalue weighted by Crippen LogP contribution is 2.26. The van der Waals surface area contributed by atoms with Crippen LogP contribution < -0.4 is 5.32 Å². The minimum Gasteiger partial charge on any atom is -0.361 e. The molecule has 0 aliphatic carbocycles. The minimum atomic E-state index is 0.496. The molecule has 0 spiro atoms. The average molecular weight is 228 g/mol. The van der Waals surface area contributed by atoms with Gasteiger partial charge in [-0.2, -0.15) is 0 Å². The van der Waals surface area contributed by atoms with Gasteiger partial charge >= 0.3 is 0 Å². The van der Waals surface area contributed by atoms with Crippen LogP contribution in [0.5, 0.6) is 0 Å². The van der Waals surface area contributed by atoms with Gasteiger partial charge in [0.25, 0.3) is 0 Å². The van der Waals surface area contributed by atoms with Crippen LogP contribution in [-0.4, -0.2) is 18.2 Å². The summed E-state index contributed by atoms with van der Waals surface area (Å²) < 4.78 is 5.43. The summed E-state index contributed by atoms with van der Waals surface area (Å²) in [7, 11) is 0. The Morgan fingerprint density at radius 1 is 1.29 bits per heavy atom. The van der Waals surface area contributed by atoms with E-state index in [-0.39, 0.29) is 0 Å². The molecule has 1 aromatic heterocycles. The molecule has 3 heteroatoms. The molecule has 3 nitrogen and oxygen atoms in total. The predicted octanol–water partition coefficient (Wildman–Crippen LogP) is 2.34. The molecule has 1 fully saturated rings. The highest BCUT2D eigenvalue weighted by Gasteiger charge is 2.23. The third-order valence-electron chi connectivity index (χ3n) is 3.34. The third-order valence-corrected chi connectivity index (χ3v) is 3.34. The zero-order valence-corrected chi connectivity index (χ0v) is 9.73. The van der Waals surface area contributed by atoms with E-state index in [1.165, 1.54) is 11.1 Å².